The number of carbonyl (C=O) groups is 2. The Bertz CT molecular complexity index is 636. The van der Waals surface area contributed by atoms with E-state index in [9.17, 15) is 9.59 Å². The fourth-order valence-electron chi connectivity index (χ4n) is 4.43. The van der Waals surface area contributed by atoms with E-state index in [-0.39, 0.29) is 11.8 Å². The maximum absolute atomic E-state index is 13.0. The van der Waals surface area contributed by atoms with Crippen LogP contribution in [-0.4, -0.2) is 52.8 Å². The van der Waals surface area contributed by atoms with Crippen molar-refractivity contribution in [3.63, 3.8) is 0 Å². The molecular weight excluding hydrogens is 314 g/mol. The molecular formula is C20H29N3O2. The molecule has 1 N–H and O–H groups in total. The van der Waals surface area contributed by atoms with Gasteiger partial charge in [-0.3, -0.25) is 14.5 Å². The highest BCUT2D eigenvalue weighted by molar-refractivity contribution is 5.96. The standard InChI is InChI=1S/C20H29N3O2/c1-14-9-10-15(2)23(14)19-8-5-11-22(13-19)20(25)17-6-4-7-18(12-17)21-16(3)24/h4,6-7,12,14-15,19H,5,8-11,13H2,1-3H3,(H,21,24)/t14-,15-,19-/m0/s1. The Balaban J connectivity index is 1.71. The number of likely N-dealkylation sites (tertiary alicyclic amines) is 2. The summed E-state index contributed by atoms with van der Waals surface area (Å²) in [7, 11) is 0. The van der Waals surface area contributed by atoms with Crippen molar-refractivity contribution in [1.82, 2.24) is 9.80 Å². The summed E-state index contributed by atoms with van der Waals surface area (Å²) in [6.07, 6.45) is 4.73. The van der Waals surface area contributed by atoms with Crippen LogP contribution in [0.25, 0.3) is 0 Å². The summed E-state index contributed by atoms with van der Waals surface area (Å²) in [6.45, 7) is 7.71. The van der Waals surface area contributed by atoms with Crippen molar-refractivity contribution in [1.29, 1.82) is 0 Å². The van der Waals surface area contributed by atoms with Gasteiger partial charge in [0.15, 0.2) is 0 Å². The Morgan fingerprint density at radius 2 is 1.84 bits per heavy atom. The first-order valence-electron chi connectivity index (χ1n) is 9.40. The van der Waals surface area contributed by atoms with Crippen molar-refractivity contribution in [2.75, 3.05) is 18.4 Å². The van der Waals surface area contributed by atoms with E-state index in [1.54, 1.807) is 6.07 Å². The molecule has 2 amide bonds. The van der Waals surface area contributed by atoms with Gasteiger partial charge in [0.05, 0.1) is 0 Å². The molecule has 0 aromatic heterocycles. The largest absolute Gasteiger partial charge is 0.337 e. The number of amides is 2. The van der Waals surface area contributed by atoms with E-state index in [1.807, 2.05) is 23.1 Å². The molecule has 1 aromatic rings. The summed E-state index contributed by atoms with van der Waals surface area (Å²) in [6, 6.07) is 8.92. The summed E-state index contributed by atoms with van der Waals surface area (Å²) in [4.78, 5) is 28.8. The minimum atomic E-state index is -0.125. The second-order valence-corrected chi connectivity index (χ2v) is 7.53. The van der Waals surface area contributed by atoms with Crippen LogP contribution in [-0.2, 0) is 4.79 Å². The first-order chi connectivity index (χ1) is 12.0. The lowest BCUT2D eigenvalue weighted by Gasteiger charge is -2.41. The van der Waals surface area contributed by atoms with Gasteiger partial charge in [-0.05, 0) is 57.7 Å². The summed E-state index contributed by atoms with van der Waals surface area (Å²) in [5.41, 5.74) is 1.32. The quantitative estimate of drug-likeness (QED) is 0.917. The first kappa shape index (κ1) is 17.9. The highest BCUT2D eigenvalue weighted by Crippen LogP contribution is 2.30. The number of hydrogen-bond acceptors (Lipinski definition) is 3. The van der Waals surface area contributed by atoms with Gasteiger partial charge in [0.2, 0.25) is 5.91 Å². The third-order valence-electron chi connectivity index (χ3n) is 5.56. The van der Waals surface area contributed by atoms with Crippen LogP contribution in [0.5, 0.6) is 0 Å². The Hall–Kier alpha value is -1.88. The Labute approximate surface area is 150 Å². The van der Waals surface area contributed by atoms with E-state index in [0.29, 0.717) is 29.4 Å². The van der Waals surface area contributed by atoms with Crippen molar-refractivity contribution in [2.24, 2.45) is 0 Å². The molecule has 0 bridgehead atoms. The predicted molar refractivity (Wildman–Crippen MR) is 99.7 cm³/mol. The van der Waals surface area contributed by atoms with Gasteiger partial charge in [-0.15, -0.1) is 0 Å². The molecule has 5 nitrogen and oxygen atoms in total. The lowest BCUT2D eigenvalue weighted by atomic mass is 10.0. The van der Waals surface area contributed by atoms with E-state index in [0.717, 1.165) is 19.5 Å². The molecule has 2 aliphatic rings. The molecule has 2 heterocycles. The Morgan fingerprint density at radius 1 is 1.12 bits per heavy atom. The number of anilines is 1. The maximum atomic E-state index is 13.0. The average molecular weight is 343 g/mol. The summed E-state index contributed by atoms with van der Waals surface area (Å²) in [5.74, 6) is -0.0592. The van der Waals surface area contributed by atoms with Gasteiger partial charge < -0.3 is 10.2 Å². The lowest BCUT2D eigenvalue weighted by Crippen LogP contribution is -2.52. The van der Waals surface area contributed by atoms with Crippen molar-refractivity contribution < 1.29 is 9.59 Å². The number of benzene rings is 1. The molecule has 25 heavy (non-hydrogen) atoms. The fourth-order valence-corrected chi connectivity index (χ4v) is 4.43. The summed E-state index contributed by atoms with van der Waals surface area (Å²) in [5, 5.41) is 2.75. The van der Waals surface area contributed by atoms with Gasteiger partial charge in [-0.1, -0.05) is 6.07 Å². The second-order valence-electron chi connectivity index (χ2n) is 7.53. The smallest absolute Gasteiger partial charge is 0.253 e. The van der Waals surface area contributed by atoms with Gasteiger partial charge >= 0.3 is 0 Å². The molecule has 0 spiro atoms. The number of nitrogens with zero attached hydrogens (tertiary/aromatic N) is 2. The van der Waals surface area contributed by atoms with Crippen LogP contribution in [0.2, 0.25) is 0 Å². The number of carbonyl (C=O) groups excluding carboxylic acids is 2. The number of rotatable bonds is 3. The first-order valence-corrected chi connectivity index (χ1v) is 9.40. The third-order valence-corrected chi connectivity index (χ3v) is 5.56. The molecule has 0 radical (unpaired) electrons. The number of hydrogen-bond donors (Lipinski definition) is 1. The second kappa shape index (κ2) is 7.56. The normalized spacial score (nSPS) is 27.3. The van der Waals surface area contributed by atoms with Gasteiger partial charge in [-0.2, -0.15) is 0 Å². The zero-order valence-corrected chi connectivity index (χ0v) is 15.5. The van der Waals surface area contributed by atoms with E-state index in [2.05, 4.69) is 24.1 Å². The van der Waals surface area contributed by atoms with E-state index in [1.165, 1.54) is 26.2 Å². The lowest BCUT2D eigenvalue weighted by molar-refractivity contribution is -0.114. The van der Waals surface area contributed by atoms with Crippen molar-refractivity contribution in [2.45, 2.75) is 64.6 Å². The summed E-state index contributed by atoms with van der Waals surface area (Å²) >= 11 is 0. The molecule has 2 fully saturated rings. The highest BCUT2D eigenvalue weighted by Gasteiger charge is 2.36. The van der Waals surface area contributed by atoms with Crippen molar-refractivity contribution in [3.05, 3.63) is 29.8 Å². The monoisotopic (exact) mass is 343 g/mol. The van der Waals surface area contributed by atoms with Crippen LogP contribution < -0.4 is 5.32 Å². The molecule has 0 unspecified atom stereocenters. The number of piperidine rings is 1. The molecule has 1 aromatic carbocycles. The Kier molecular flexibility index (Phi) is 5.42. The van der Waals surface area contributed by atoms with Crippen molar-refractivity contribution >= 4 is 17.5 Å². The molecule has 5 heteroatoms. The highest BCUT2D eigenvalue weighted by atomic mass is 16.2. The van der Waals surface area contributed by atoms with Gasteiger partial charge in [0.1, 0.15) is 0 Å². The van der Waals surface area contributed by atoms with Gasteiger partial charge in [0, 0.05) is 49.4 Å². The molecule has 0 aliphatic carbocycles. The van der Waals surface area contributed by atoms with Crippen LogP contribution in [0.4, 0.5) is 5.69 Å². The molecule has 136 valence electrons. The van der Waals surface area contributed by atoms with Crippen LogP contribution in [0.1, 0.15) is 56.8 Å². The van der Waals surface area contributed by atoms with E-state index < -0.39 is 0 Å². The fraction of sp³-hybridized carbons (Fsp3) is 0.600. The van der Waals surface area contributed by atoms with E-state index >= 15 is 0 Å². The topological polar surface area (TPSA) is 52.7 Å². The Morgan fingerprint density at radius 3 is 2.52 bits per heavy atom. The molecule has 2 saturated heterocycles. The van der Waals surface area contributed by atoms with Crippen LogP contribution in [0, 0.1) is 0 Å². The SMILES string of the molecule is CC(=O)Nc1cccc(C(=O)N2CCC[C@H](N3[C@@H](C)CC[C@@H]3C)C2)c1. The van der Waals surface area contributed by atoms with Gasteiger partial charge in [0.25, 0.3) is 5.91 Å². The zero-order valence-electron chi connectivity index (χ0n) is 15.5. The third kappa shape index (κ3) is 4.03. The van der Waals surface area contributed by atoms with E-state index in [4.69, 9.17) is 0 Å². The number of nitrogens with one attached hydrogen (secondary N) is 1. The van der Waals surface area contributed by atoms with Crippen LogP contribution in [0.3, 0.4) is 0 Å². The average Bonchev–Trinajstić information content (AvgIpc) is 2.92. The molecule has 2 aliphatic heterocycles. The van der Waals surface area contributed by atoms with Crippen LogP contribution in [0.15, 0.2) is 24.3 Å². The minimum Gasteiger partial charge on any atom is -0.337 e. The molecule has 0 saturated carbocycles. The van der Waals surface area contributed by atoms with Crippen molar-refractivity contribution in [3.8, 4) is 0 Å². The predicted octanol–water partition coefficient (Wildman–Crippen LogP) is 3.12. The minimum absolute atomic E-state index is 0.0661. The molecule has 3 atom stereocenters. The summed E-state index contributed by atoms with van der Waals surface area (Å²) < 4.78 is 0. The maximum Gasteiger partial charge on any atom is 0.253 e. The zero-order chi connectivity index (χ0) is 18.0. The molecule has 3 rings (SSSR count). The van der Waals surface area contributed by atoms with Gasteiger partial charge in [-0.25, -0.2) is 0 Å². The van der Waals surface area contributed by atoms with Crippen LogP contribution >= 0.6 is 0 Å².